The lowest BCUT2D eigenvalue weighted by Gasteiger charge is -2.46. The van der Waals surface area contributed by atoms with Crippen LogP contribution in [0.5, 0.6) is 0 Å². The van der Waals surface area contributed by atoms with Crippen LogP contribution in [-0.4, -0.2) is 38.6 Å². The van der Waals surface area contributed by atoms with Crippen molar-refractivity contribution in [1.82, 2.24) is 4.57 Å². The molecule has 5 rings (SSSR count). The number of aliphatic hydroxyl groups excluding tert-OH is 2. The largest absolute Gasteiger partial charge is 0.392 e. The molecule has 0 radical (unpaired) electrons. The first kappa shape index (κ1) is 27.3. The summed E-state index contributed by atoms with van der Waals surface area (Å²) in [4.78, 5) is 27.5. The number of nitriles is 1. The maximum absolute atomic E-state index is 13.7. The van der Waals surface area contributed by atoms with E-state index in [9.17, 15) is 25.1 Å². The SMILES string of the molecule is CC1(C)CC(=O)[C@H](C(c2cn(Cc3ccccc3C#N)c3ccccc23)[C@@H]2C(=O)CC(C)(C)C[C@@H]2O)[C@H](O)C1. The van der Waals surface area contributed by atoms with Crippen molar-refractivity contribution in [2.24, 2.45) is 22.7 Å². The number of nitrogens with zero attached hydrogens (tertiary/aromatic N) is 2. The number of aliphatic hydroxyl groups is 2. The van der Waals surface area contributed by atoms with E-state index in [2.05, 4.69) is 10.6 Å². The molecular formula is C33H38N2O4. The fourth-order valence-corrected chi connectivity index (χ4v) is 7.25. The van der Waals surface area contributed by atoms with Crippen LogP contribution in [0.3, 0.4) is 0 Å². The van der Waals surface area contributed by atoms with Gasteiger partial charge >= 0.3 is 0 Å². The zero-order chi connectivity index (χ0) is 28.1. The molecule has 1 aromatic heterocycles. The minimum atomic E-state index is -0.914. The molecule has 2 fully saturated rings. The van der Waals surface area contributed by atoms with Gasteiger partial charge in [-0.25, -0.2) is 0 Å². The van der Waals surface area contributed by atoms with E-state index in [-0.39, 0.29) is 22.4 Å². The van der Waals surface area contributed by atoms with Crippen LogP contribution < -0.4 is 0 Å². The van der Waals surface area contributed by atoms with Gasteiger partial charge in [0.25, 0.3) is 0 Å². The minimum absolute atomic E-state index is 0.0553. The molecule has 1 unspecified atom stereocenters. The predicted molar refractivity (Wildman–Crippen MR) is 150 cm³/mol. The Morgan fingerprint density at radius 1 is 0.897 bits per heavy atom. The molecule has 6 heteroatoms. The minimum Gasteiger partial charge on any atom is -0.392 e. The first-order valence-corrected chi connectivity index (χ1v) is 13.9. The van der Waals surface area contributed by atoms with Crippen LogP contribution in [0.4, 0.5) is 0 Å². The summed E-state index contributed by atoms with van der Waals surface area (Å²) in [5, 5.41) is 33.4. The number of hydrogen-bond donors (Lipinski definition) is 2. The van der Waals surface area contributed by atoms with E-state index in [4.69, 9.17) is 0 Å². The Hall–Kier alpha value is -3.27. The summed E-state index contributed by atoms with van der Waals surface area (Å²) < 4.78 is 2.06. The van der Waals surface area contributed by atoms with Gasteiger partial charge < -0.3 is 14.8 Å². The standard InChI is InChI=1S/C33H38N2O4/c1-32(2)13-25(36)30(26(37)14-32)29(31-27(38)15-33(3,4)16-28(31)39)23-19-35(24-12-8-7-11-22(23)24)18-21-10-6-5-9-20(21)17-34/h5-12,19,25,27,29-31,36,38H,13-16,18H2,1-4H3/t25-,27+,29?,30-,31+. The molecule has 204 valence electrons. The first-order chi connectivity index (χ1) is 18.4. The smallest absolute Gasteiger partial charge is 0.139 e. The van der Waals surface area contributed by atoms with Crippen molar-refractivity contribution in [2.45, 2.75) is 78.0 Å². The summed E-state index contributed by atoms with van der Waals surface area (Å²) in [6.07, 6.45) is 1.70. The van der Waals surface area contributed by atoms with Crippen molar-refractivity contribution in [1.29, 1.82) is 5.26 Å². The van der Waals surface area contributed by atoms with Crippen LogP contribution >= 0.6 is 0 Å². The van der Waals surface area contributed by atoms with E-state index in [0.717, 1.165) is 22.0 Å². The fourth-order valence-electron chi connectivity index (χ4n) is 7.25. The molecule has 0 amide bonds. The number of rotatable bonds is 5. The number of para-hydroxylation sites is 1. The lowest BCUT2D eigenvalue weighted by Crippen LogP contribution is -2.51. The van der Waals surface area contributed by atoms with Crippen LogP contribution in [0.25, 0.3) is 10.9 Å². The third kappa shape index (κ3) is 5.18. The van der Waals surface area contributed by atoms with Gasteiger partial charge in [0.1, 0.15) is 11.6 Å². The molecule has 2 saturated carbocycles. The molecule has 2 aliphatic carbocycles. The molecule has 2 N–H and O–H groups in total. The van der Waals surface area contributed by atoms with Gasteiger partial charge in [0.15, 0.2) is 0 Å². The summed E-state index contributed by atoms with van der Waals surface area (Å²) in [6, 6.07) is 17.6. The molecule has 39 heavy (non-hydrogen) atoms. The lowest BCUT2D eigenvalue weighted by atomic mass is 9.58. The average molecular weight is 527 g/mol. The monoisotopic (exact) mass is 526 g/mol. The number of fused-ring (bicyclic) bond motifs is 1. The van der Waals surface area contributed by atoms with Crippen LogP contribution in [-0.2, 0) is 16.1 Å². The fraction of sp³-hybridized carbons (Fsp3) is 0.485. The van der Waals surface area contributed by atoms with Crippen molar-refractivity contribution < 1.29 is 19.8 Å². The lowest BCUT2D eigenvalue weighted by molar-refractivity contribution is -0.144. The van der Waals surface area contributed by atoms with E-state index in [1.807, 2.05) is 76.4 Å². The number of carbonyl (C=O) groups excluding carboxylic acids is 2. The molecular weight excluding hydrogens is 488 g/mol. The predicted octanol–water partition coefficient (Wildman–Crippen LogP) is 5.38. The number of Topliss-reactive ketones (excluding diaryl/α,β-unsaturated/α-hetero) is 2. The molecule has 2 aliphatic rings. The van der Waals surface area contributed by atoms with Crippen molar-refractivity contribution in [3.63, 3.8) is 0 Å². The Bertz CT molecular complexity index is 1420. The number of carbonyl (C=O) groups is 2. The average Bonchev–Trinajstić information content (AvgIpc) is 3.19. The maximum Gasteiger partial charge on any atom is 0.139 e. The number of aromatic nitrogens is 1. The van der Waals surface area contributed by atoms with Crippen LogP contribution in [0.2, 0.25) is 0 Å². The Kier molecular flexibility index (Phi) is 7.03. The summed E-state index contributed by atoms with van der Waals surface area (Å²) in [6.45, 7) is 8.39. The molecule has 0 spiro atoms. The molecule has 6 nitrogen and oxygen atoms in total. The Morgan fingerprint density at radius 3 is 2.00 bits per heavy atom. The third-order valence-corrected chi connectivity index (χ3v) is 8.83. The van der Waals surface area contributed by atoms with Crippen molar-refractivity contribution >= 4 is 22.5 Å². The summed E-state index contributed by atoms with van der Waals surface area (Å²) in [5.41, 5.74) is 2.52. The zero-order valence-electron chi connectivity index (χ0n) is 23.2. The van der Waals surface area contributed by atoms with E-state index in [1.54, 1.807) is 6.07 Å². The zero-order valence-corrected chi connectivity index (χ0v) is 23.2. The Morgan fingerprint density at radius 2 is 1.44 bits per heavy atom. The van der Waals surface area contributed by atoms with E-state index < -0.39 is 30.0 Å². The first-order valence-electron chi connectivity index (χ1n) is 13.9. The van der Waals surface area contributed by atoms with E-state index in [1.165, 1.54) is 0 Å². The van der Waals surface area contributed by atoms with Gasteiger partial charge in [0.2, 0.25) is 0 Å². The highest BCUT2D eigenvalue weighted by Gasteiger charge is 2.52. The van der Waals surface area contributed by atoms with Crippen LogP contribution in [0, 0.1) is 34.0 Å². The van der Waals surface area contributed by atoms with Crippen LogP contribution in [0.15, 0.2) is 54.7 Å². The van der Waals surface area contributed by atoms with E-state index in [0.29, 0.717) is 37.8 Å². The molecule has 2 aromatic carbocycles. The van der Waals surface area contributed by atoms with Crippen molar-refractivity contribution in [2.75, 3.05) is 0 Å². The highest BCUT2D eigenvalue weighted by molar-refractivity contribution is 5.92. The van der Waals surface area contributed by atoms with Gasteiger partial charge in [-0.1, -0.05) is 64.1 Å². The number of benzene rings is 2. The van der Waals surface area contributed by atoms with E-state index >= 15 is 0 Å². The highest BCUT2D eigenvalue weighted by atomic mass is 16.3. The molecule has 0 bridgehead atoms. The molecule has 0 aliphatic heterocycles. The van der Waals surface area contributed by atoms with Gasteiger partial charge in [-0.2, -0.15) is 5.26 Å². The second-order valence-electron chi connectivity index (χ2n) is 13.2. The van der Waals surface area contributed by atoms with Gasteiger partial charge in [-0.15, -0.1) is 0 Å². The van der Waals surface area contributed by atoms with Crippen molar-refractivity contribution in [3.05, 3.63) is 71.4 Å². The summed E-state index contributed by atoms with van der Waals surface area (Å²) in [5.74, 6) is -2.33. The third-order valence-electron chi connectivity index (χ3n) is 8.83. The molecule has 5 atom stereocenters. The summed E-state index contributed by atoms with van der Waals surface area (Å²) in [7, 11) is 0. The topological polar surface area (TPSA) is 103 Å². The highest BCUT2D eigenvalue weighted by Crippen LogP contribution is 2.51. The second-order valence-corrected chi connectivity index (χ2v) is 13.2. The molecule has 1 heterocycles. The maximum atomic E-state index is 13.7. The Labute approximate surface area is 230 Å². The van der Waals surface area contributed by atoms with Crippen LogP contribution in [0.1, 0.15) is 76.0 Å². The quantitative estimate of drug-likeness (QED) is 0.465. The number of hydrogen-bond acceptors (Lipinski definition) is 5. The Balaban J connectivity index is 1.68. The normalized spacial score (nSPS) is 27.3. The number of ketones is 2. The van der Waals surface area contributed by atoms with Gasteiger partial charge in [0.05, 0.1) is 35.7 Å². The molecule has 0 saturated heterocycles. The van der Waals surface area contributed by atoms with Gasteiger partial charge in [-0.05, 0) is 46.9 Å². The van der Waals surface area contributed by atoms with Crippen molar-refractivity contribution in [3.8, 4) is 6.07 Å². The summed E-state index contributed by atoms with van der Waals surface area (Å²) >= 11 is 0. The van der Waals surface area contributed by atoms with Gasteiger partial charge in [0, 0.05) is 42.4 Å². The second kappa shape index (κ2) is 10.0. The molecule has 3 aromatic rings. The van der Waals surface area contributed by atoms with Gasteiger partial charge in [-0.3, -0.25) is 9.59 Å².